The van der Waals surface area contributed by atoms with Gasteiger partial charge in [0.05, 0.1) is 44.1 Å². The number of nitrogens with zero attached hydrogens (tertiary/aromatic N) is 1. The Hall–Kier alpha value is -3.48. The van der Waals surface area contributed by atoms with E-state index in [1.807, 2.05) is 60.7 Å². The van der Waals surface area contributed by atoms with E-state index < -0.39 is 36.3 Å². The number of aliphatic hydroxyl groups is 2. The second-order valence-corrected chi connectivity index (χ2v) is 15.2. The van der Waals surface area contributed by atoms with E-state index in [1.165, 1.54) is 6.42 Å². The van der Waals surface area contributed by atoms with Gasteiger partial charge in [0.1, 0.15) is 18.5 Å². The third kappa shape index (κ3) is 12.0. The summed E-state index contributed by atoms with van der Waals surface area (Å²) >= 11 is 0. The third-order valence-electron chi connectivity index (χ3n) is 11.3. The average molecular weight is 734 g/mol. The first-order chi connectivity index (χ1) is 25.9. The van der Waals surface area contributed by atoms with E-state index in [0.29, 0.717) is 45.0 Å². The number of carbonyl (C=O) groups excluding carboxylic acids is 2. The van der Waals surface area contributed by atoms with Gasteiger partial charge in [0.15, 0.2) is 0 Å². The number of aliphatic hydroxyl groups excluding tert-OH is 2. The number of rotatable bonds is 16. The number of carbonyl (C=O) groups is 2. The van der Waals surface area contributed by atoms with Crippen LogP contribution in [0.3, 0.4) is 0 Å². The van der Waals surface area contributed by atoms with Crippen molar-refractivity contribution in [2.24, 2.45) is 11.8 Å². The molecule has 0 aromatic heterocycles. The SMILES string of the molecule is O=C(N[C@@H](CC1CCCCC1)[C@@H](O)C[C@@H](CC=Cc1ccc(OCCN2CCOCC2)cc1)C(=O)N[C@H]1c2ccccc2C[C@H]1O)O[C@H]1CCCOC1. The van der Waals surface area contributed by atoms with Crippen LogP contribution in [0.1, 0.15) is 86.9 Å². The van der Waals surface area contributed by atoms with Crippen molar-refractivity contribution in [3.05, 3.63) is 71.3 Å². The number of ether oxygens (including phenoxy) is 4. The maximum absolute atomic E-state index is 14.1. The molecule has 0 bridgehead atoms. The Balaban J connectivity index is 1.11. The number of amides is 2. The summed E-state index contributed by atoms with van der Waals surface area (Å²) in [6, 6.07) is 14.6. The molecule has 4 aliphatic rings. The molecule has 4 N–H and O–H groups in total. The molecule has 53 heavy (non-hydrogen) atoms. The van der Waals surface area contributed by atoms with Gasteiger partial charge in [0.2, 0.25) is 5.91 Å². The largest absolute Gasteiger partial charge is 0.492 e. The molecule has 2 aliphatic carbocycles. The molecule has 2 heterocycles. The van der Waals surface area contributed by atoms with Gasteiger partial charge in [-0.1, -0.05) is 80.7 Å². The molecule has 6 rings (SSSR count). The highest BCUT2D eigenvalue weighted by molar-refractivity contribution is 5.80. The molecule has 11 heteroatoms. The first kappa shape index (κ1) is 39.2. The van der Waals surface area contributed by atoms with Gasteiger partial charge in [-0.2, -0.15) is 0 Å². The normalized spacial score (nSPS) is 24.2. The van der Waals surface area contributed by atoms with Gasteiger partial charge in [0, 0.05) is 38.6 Å². The highest BCUT2D eigenvalue weighted by Gasteiger charge is 2.35. The Morgan fingerprint density at radius 3 is 2.53 bits per heavy atom. The Bertz CT molecular complexity index is 1450. The molecule has 290 valence electrons. The summed E-state index contributed by atoms with van der Waals surface area (Å²) in [5.41, 5.74) is 2.91. The summed E-state index contributed by atoms with van der Waals surface area (Å²) < 4.78 is 22.6. The van der Waals surface area contributed by atoms with Crippen molar-refractivity contribution in [3.63, 3.8) is 0 Å². The molecule has 3 fully saturated rings. The summed E-state index contributed by atoms with van der Waals surface area (Å²) in [5.74, 6) is 0.335. The number of alkyl carbamates (subject to hydrolysis) is 1. The van der Waals surface area contributed by atoms with Gasteiger partial charge >= 0.3 is 6.09 Å². The lowest BCUT2D eigenvalue weighted by Crippen LogP contribution is -2.48. The van der Waals surface area contributed by atoms with E-state index in [-0.39, 0.29) is 18.4 Å². The summed E-state index contributed by atoms with van der Waals surface area (Å²) in [4.78, 5) is 29.5. The van der Waals surface area contributed by atoms with E-state index in [4.69, 9.17) is 18.9 Å². The first-order valence-corrected chi connectivity index (χ1v) is 19.9. The molecular weight excluding hydrogens is 674 g/mol. The summed E-state index contributed by atoms with van der Waals surface area (Å²) in [7, 11) is 0. The van der Waals surface area contributed by atoms with Crippen molar-refractivity contribution in [2.45, 2.75) is 101 Å². The van der Waals surface area contributed by atoms with Crippen molar-refractivity contribution in [1.82, 2.24) is 15.5 Å². The Morgan fingerprint density at radius 2 is 1.75 bits per heavy atom. The number of hydrogen-bond acceptors (Lipinski definition) is 9. The molecule has 2 aromatic carbocycles. The molecule has 11 nitrogen and oxygen atoms in total. The molecule has 2 aromatic rings. The summed E-state index contributed by atoms with van der Waals surface area (Å²) in [6.45, 7) is 5.90. The lowest BCUT2D eigenvalue weighted by molar-refractivity contribution is -0.127. The molecule has 2 amide bonds. The fraction of sp³-hybridized carbons (Fsp3) is 0.619. The zero-order chi connectivity index (χ0) is 36.8. The quantitative estimate of drug-likeness (QED) is 0.184. The maximum Gasteiger partial charge on any atom is 0.407 e. The average Bonchev–Trinajstić information content (AvgIpc) is 3.50. The Morgan fingerprint density at radius 1 is 0.962 bits per heavy atom. The van der Waals surface area contributed by atoms with Crippen LogP contribution >= 0.6 is 0 Å². The monoisotopic (exact) mass is 733 g/mol. The van der Waals surface area contributed by atoms with E-state index in [0.717, 1.165) is 93.8 Å². The first-order valence-electron chi connectivity index (χ1n) is 19.9. The van der Waals surface area contributed by atoms with Gasteiger partial charge in [-0.25, -0.2) is 4.79 Å². The van der Waals surface area contributed by atoms with Gasteiger partial charge in [-0.15, -0.1) is 0 Å². The molecular formula is C42H59N3O8. The topological polar surface area (TPSA) is 139 Å². The molecule has 6 atom stereocenters. The molecule has 2 aliphatic heterocycles. The number of nitrogens with one attached hydrogen (secondary N) is 2. The summed E-state index contributed by atoms with van der Waals surface area (Å²) in [5, 5.41) is 28.9. The van der Waals surface area contributed by atoms with Crippen LogP contribution < -0.4 is 15.4 Å². The lowest BCUT2D eigenvalue weighted by Gasteiger charge is -2.32. The minimum Gasteiger partial charge on any atom is -0.492 e. The highest BCUT2D eigenvalue weighted by Crippen LogP contribution is 2.33. The fourth-order valence-electron chi connectivity index (χ4n) is 8.18. The van der Waals surface area contributed by atoms with E-state index in [1.54, 1.807) is 0 Å². The third-order valence-corrected chi connectivity index (χ3v) is 11.3. The van der Waals surface area contributed by atoms with Crippen molar-refractivity contribution in [2.75, 3.05) is 52.7 Å². The minimum absolute atomic E-state index is 0.140. The van der Waals surface area contributed by atoms with Crippen LogP contribution in [-0.2, 0) is 25.4 Å². The van der Waals surface area contributed by atoms with Crippen LogP contribution in [0, 0.1) is 11.8 Å². The summed E-state index contributed by atoms with van der Waals surface area (Å²) in [6.07, 6.45) is 10.1. The number of fused-ring (bicyclic) bond motifs is 1. The smallest absolute Gasteiger partial charge is 0.407 e. The molecule has 0 unspecified atom stereocenters. The zero-order valence-electron chi connectivity index (χ0n) is 31.0. The number of morpholine rings is 1. The molecule has 1 saturated carbocycles. The predicted molar refractivity (Wildman–Crippen MR) is 202 cm³/mol. The maximum atomic E-state index is 14.1. The second-order valence-electron chi connectivity index (χ2n) is 15.2. The van der Waals surface area contributed by atoms with Crippen molar-refractivity contribution >= 4 is 18.1 Å². The van der Waals surface area contributed by atoms with Gasteiger partial charge in [-0.05, 0) is 66.8 Å². The predicted octanol–water partition coefficient (Wildman–Crippen LogP) is 5.19. The lowest BCUT2D eigenvalue weighted by atomic mass is 9.82. The van der Waals surface area contributed by atoms with Crippen molar-refractivity contribution in [1.29, 1.82) is 0 Å². The number of hydrogen-bond donors (Lipinski definition) is 4. The molecule has 0 radical (unpaired) electrons. The van der Waals surface area contributed by atoms with E-state index in [2.05, 4.69) is 15.5 Å². The van der Waals surface area contributed by atoms with Crippen LogP contribution in [-0.4, -0.2) is 104 Å². The minimum atomic E-state index is -0.981. The van der Waals surface area contributed by atoms with Crippen molar-refractivity contribution < 1.29 is 38.7 Å². The number of benzene rings is 2. The standard InChI is InChI=1S/C42H59N3O8/c46-38(37(26-31-8-2-1-3-9-31)43-42(49)53-35-13-7-22-51-29-35)28-33(41(48)44-40-36-14-5-4-11-32(36)27-39(40)47)12-6-10-30-15-17-34(18-16-30)52-25-21-45-19-23-50-24-20-45/h4-6,10-11,14-18,31,33,35,37-40,46-47H,1-3,7-9,12-13,19-29H2,(H,43,49)(H,44,48)/t33-,35+,37+,38+,39-,40+/m1/s1. The Kier molecular flexibility index (Phi) is 15.0. The van der Waals surface area contributed by atoms with Crippen LogP contribution in [0.4, 0.5) is 4.79 Å². The highest BCUT2D eigenvalue weighted by atomic mass is 16.6. The van der Waals surface area contributed by atoms with Gasteiger partial charge in [-0.3, -0.25) is 9.69 Å². The fourth-order valence-corrected chi connectivity index (χ4v) is 8.18. The second kappa shape index (κ2) is 20.3. The van der Waals surface area contributed by atoms with Crippen LogP contribution in [0.5, 0.6) is 5.75 Å². The zero-order valence-corrected chi connectivity index (χ0v) is 31.0. The van der Waals surface area contributed by atoms with E-state index >= 15 is 0 Å². The van der Waals surface area contributed by atoms with Gasteiger partial charge in [0.25, 0.3) is 0 Å². The molecule has 2 saturated heterocycles. The van der Waals surface area contributed by atoms with Crippen LogP contribution in [0.2, 0.25) is 0 Å². The van der Waals surface area contributed by atoms with Crippen LogP contribution in [0.25, 0.3) is 6.08 Å². The van der Waals surface area contributed by atoms with E-state index in [9.17, 15) is 19.8 Å². The molecule has 0 spiro atoms. The van der Waals surface area contributed by atoms with Gasteiger partial charge < -0.3 is 39.8 Å². The Labute approximate surface area is 314 Å². The van der Waals surface area contributed by atoms with Crippen molar-refractivity contribution in [3.8, 4) is 5.75 Å². The number of allylic oxidation sites excluding steroid dienone is 1. The van der Waals surface area contributed by atoms with Crippen LogP contribution in [0.15, 0.2) is 54.6 Å².